The van der Waals surface area contributed by atoms with Crippen LogP contribution in [0, 0.1) is 0 Å². The van der Waals surface area contributed by atoms with Crippen LogP contribution in [0.25, 0.3) is 0 Å². The highest BCUT2D eigenvalue weighted by atomic mass is 32.1. The summed E-state index contributed by atoms with van der Waals surface area (Å²) in [4.78, 5) is 12.3. The van der Waals surface area contributed by atoms with E-state index in [-0.39, 0.29) is 11.5 Å². The number of nitrogens with zero attached hydrogens (tertiary/aromatic N) is 2. The third-order valence-electron chi connectivity index (χ3n) is 3.12. The summed E-state index contributed by atoms with van der Waals surface area (Å²) < 4.78 is 9.49. The Bertz CT molecular complexity index is 361. The minimum absolute atomic E-state index is 0.106. The van der Waals surface area contributed by atoms with Crippen molar-refractivity contribution in [3.63, 3.8) is 0 Å². The van der Waals surface area contributed by atoms with E-state index >= 15 is 0 Å². The molecule has 1 fully saturated rings. The van der Waals surface area contributed by atoms with Crippen molar-refractivity contribution in [2.75, 3.05) is 13.2 Å². The highest BCUT2D eigenvalue weighted by Crippen LogP contribution is 2.32. The van der Waals surface area contributed by atoms with Crippen molar-refractivity contribution in [1.82, 2.24) is 14.9 Å². The Morgan fingerprint density at radius 1 is 1.59 bits per heavy atom. The molecule has 1 N–H and O–H groups in total. The van der Waals surface area contributed by atoms with E-state index < -0.39 is 0 Å². The van der Waals surface area contributed by atoms with Gasteiger partial charge >= 0.3 is 0 Å². The van der Waals surface area contributed by atoms with Crippen molar-refractivity contribution < 1.29 is 9.53 Å². The maximum atomic E-state index is 11.8. The molecule has 2 rings (SSSR count). The van der Waals surface area contributed by atoms with E-state index in [9.17, 15) is 4.79 Å². The molecule has 1 aliphatic carbocycles. The summed E-state index contributed by atoms with van der Waals surface area (Å²) >= 11 is 1.11. The fraction of sp³-hybridized carbons (Fsp3) is 0.727. The predicted octanol–water partition coefficient (Wildman–Crippen LogP) is 1.62. The highest BCUT2D eigenvalue weighted by molar-refractivity contribution is 7.07. The maximum absolute atomic E-state index is 11.8. The van der Waals surface area contributed by atoms with E-state index in [2.05, 4.69) is 14.9 Å². The van der Waals surface area contributed by atoms with Gasteiger partial charge in [0, 0.05) is 13.2 Å². The lowest BCUT2D eigenvalue weighted by Gasteiger charge is -2.28. The molecule has 5 nitrogen and oxygen atoms in total. The Morgan fingerprint density at radius 2 is 2.35 bits per heavy atom. The van der Waals surface area contributed by atoms with Crippen LogP contribution in [0.3, 0.4) is 0 Å². The van der Waals surface area contributed by atoms with Gasteiger partial charge in [-0.3, -0.25) is 4.79 Å². The van der Waals surface area contributed by atoms with Crippen LogP contribution < -0.4 is 5.32 Å². The molecule has 0 radical (unpaired) electrons. The lowest BCUT2D eigenvalue weighted by Crippen LogP contribution is -2.43. The van der Waals surface area contributed by atoms with Gasteiger partial charge in [0.05, 0.1) is 11.8 Å². The first-order valence-electron chi connectivity index (χ1n) is 5.95. The molecule has 1 aromatic heterocycles. The monoisotopic (exact) mass is 255 g/mol. The average Bonchev–Trinajstić information content (AvgIpc) is 2.98. The van der Waals surface area contributed by atoms with Gasteiger partial charge in [0.15, 0.2) is 0 Å². The predicted molar refractivity (Wildman–Crippen MR) is 65.1 cm³/mol. The fourth-order valence-corrected chi connectivity index (χ4v) is 2.72. The van der Waals surface area contributed by atoms with Gasteiger partial charge in [0.1, 0.15) is 4.88 Å². The molecule has 0 unspecified atom stereocenters. The maximum Gasteiger partial charge on any atom is 0.264 e. The number of hydrogen-bond donors (Lipinski definition) is 1. The van der Waals surface area contributed by atoms with Crippen LogP contribution in [0.15, 0.2) is 6.20 Å². The Kier molecular flexibility index (Phi) is 4.06. The van der Waals surface area contributed by atoms with Crippen LogP contribution in [-0.4, -0.2) is 34.2 Å². The summed E-state index contributed by atoms with van der Waals surface area (Å²) in [6.45, 7) is 3.27. The van der Waals surface area contributed by atoms with Crippen molar-refractivity contribution in [2.45, 2.75) is 38.2 Å². The number of hydrogen-bond acceptors (Lipinski definition) is 5. The normalized spacial score (nSPS) is 18.2. The van der Waals surface area contributed by atoms with Crippen molar-refractivity contribution in [2.24, 2.45) is 0 Å². The highest BCUT2D eigenvalue weighted by Gasteiger charge is 2.34. The van der Waals surface area contributed by atoms with Crippen LogP contribution in [0.1, 0.15) is 42.3 Å². The van der Waals surface area contributed by atoms with Crippen molar-refractivity contribution in [1.29, 1.82) is 0 Å². The summed E-state index contributed by atoms with van der Waals surface area (Å²) in [6, 6.07) is 0. The van der Waals surface area contributed by atoms with Crippen LogP contribution in [-0.2, 0) is 4.74 Å². The molecule has 1 aliphatic rings. The average molecular weight is 255 g/mol. The molecule has 0 bridgehead atoms. The Hall–Kier alpha value is -1.01. The van der Waals surface area contributed by atoms with Crippen LogP contribution >= 0.6 is 11.5 Å². The lowest BCUT2D eigenvalue weighted by atomic mass is 10.0. The zero-order valence-electron chi connectivity index (χ0n) is 9.94. The van der Waals surface area contributed by atoms with Crippen molar-refractivity contribution >= 4 is 17.4 Å². The topological polar surface area (TPSA) is 64.1 Å². The zero-order valence-corrected chi connectivity index (χ0v) is 10.8. The van der Waals surface area contributed by atoms with Gasteiger partial charge in [-0.05, 0) is 31.3 Å². The fourth-order valence-electron chi connectivity index (χ4n) is 2.29. The summed E-state index contributed by atoms with van der Waals surface area (Å²) in [5.74, 6) is -0.106. The Balaban J connectivity index is 1.89. The van der Waals surface area contributed by atoms with Gasteiger partial charge in [-0.2, -0.15) is 0 Å². The van der Waals surface area contributed by atoms with Crippen LogP contribution in [0.5, 0.6) is 0 Å². The number of aromatic nitrogens is 2. The molecule has 0 spiro atoms. The number of ether oxygens (including phenoxy) is 1. The quantitative estimate of drug-likeness (QED) is 0.868. The van der Waals surface area contributed by atoms with Gasteiger partial charge in [-0.1, -0.05) is 17.3 Å². The molecule has 1 aromatic rings. The first-order valence-corrected chi connectivity index (χ1v) is 6.73. The third-order valence-corrected chi connectivity index (χ3v) is 3.78. The van der Waals surface area contributed by atoms with E-state index in [1.807, 2.05) is 6.92 Å². The van der Waals surface area contributed by atoms with Crippen molar-refractivity contribution in [3.05, 3.63) is 11.1 Å². The van der Waals surface area contributed by atoms with Crippen LogP contribution in [0.4, 0.5) is 0 Å². The van der Waals surface area contributed by atoms with E-state index in [0.29, 0.717) is 18.0 Å². The molecule has 6 heteroatoms. The molecule has 0 aromatic carbocycles. The molecular formula is C11H17N3O2S. The summed E-state index contributed by atoms with van der Waals surface area (Å²) in [6.07, 6.45) is 5.90. The number of amides is 1. The Labute approximate surface area is 105 Å². The first-order chi connectivity index (χ1) is 8.26. The first kappa shape index (κ1) is 12.4. The molecule has 0 atom stereocenters. The van der Waals surface area contributed by atoms with Gasteiger partial charge in [0.25, 0.3) is 5.91 Å². The number of carbonyl (C=O) groups is 1. The second-order valence-electron chi connectivity index (χ2n) is 4.29. The molecule has 0 saturated heterocycles. The summed E-state index contributed by atoms with van der Waals surface area (Å²) in [5, 5.41) is 6.57. The van der Waals surface area contributed by atoms with Crippen molar-refractivity contribution in [3.8, 4) is 0 Å². The third kappa shape index (κ3) is 3.01. The second-order valence-corrected chi connectivity index (χ2v) is 5.07. The summed E-state index contributed by atoms with van der Waals surface area (Å²) in [7, 11) is 0. The molecule has 1 amide bonds. The van der Waals surface area contributed by atoms with Gasteiger partial charge < -0.3 is 10.1 Å². The lowest BCUT2D eigenvalue weighted by molar-refractivity contribution is -0.0315. The van der Waals surface area contributed by atoms with Crippen LogP contribution in [0.2, 0.25) is 0 Å². The molecule has 94 valence electrons. The summed E-state index contributed by atoms with van der Waals surface area (Å²) in [5.41, 5.74) is -0.150. The van der Waals surface area contributed by atoms with E-state index in [1.165, 1.54) is 19.0 Å². The SMILES string of the molecule is CCOC1(CNC(=O)c2cnns2)CCCC1. The molecule has 17 heavy (non-hydrogen) atoms. The number of nitrogens with one attached hydrogen (secondary N) is 1. The number of rotatable bonds is 5. The standard InChI is InChI=1S/C11H17N3O2S/c1-2-16-11(5-3-4-6-11)8-12-10(15)9-7-13-14-17-9/h7H,2-6,8H2,1H3,(H,12,15). The molecular weight excluding hydrogens is 238 g/mol. The zero-order chi connectivity index (χ0) is 12.1. The van der Waals surface area contributed by atoms with E-state index in [0.717, 1.165) is 24.4 Å². The second kappa shape index (κ2) is 5.55. The van der Waals surface area contributed by atoms with Gasteiger partial charge in [-0.25, -0.2) is 0 Å². The van der Waals surface area contributed by atoms with Gasteiger partial charge in [0.2, 0.25) is 0 Å². The Morgan fingerprint density at radius 3 is 2.94 bits per heavy atom. The molecule has 1 heterocycles. The molecule has 0 aliphatic heterocycles. The minimum Gasteiger partial charge on any atom is -0.373 e. The smallest absolute Gasteiger partial charge is 0.264 e. The van der Waals surface area contributed by atoms with E-state index in [1.54, 1.807) is 0 Å². The van der Waals surface area contributed by atoms with E-state index in [4.69, 9.17) is 4.74 Å². The van der Waals surface area contributed by atoms with Gasteiger partial charge in [-0.15, -0.1) is 5.10 Å². The molecule has 1 saturated carbocycles. The number of carbonyl (C=O) groups excluding carboxylic acids is 1. The largest absolute Gasteiger partial charge is 0.373 e. The minimum atomic E-state index is -0.150.